The number of nitriles is 1. The number of furan rings is 1. The number of nitrogens with one attached hydrogen (secondary N) is 1. The van der Waals surface area contributed by atoms with Gasteiger partial charge in [0.1, 0.15) is 11.8 Å². The van der Waals surface area contributed by atoms with Gasteiger partial charge in [-0.1, -0.05) is 0 Å². The Hall–Kier alpha value is -0.920. The molecule has 0 unspecified atom stereocenters. The van der Waals surface area contributed by atoms with E-state index in [1.165, 1.54) is 0 Å². The molecule has 13 heavy (non-hydrogen) atoms. The van der Waals surface area contributed by atoms with Crippen LogP contribution in [-0.2, 0) is 6.54 Å². The van der Waals surface area contributed by atoms with Crippen LogP contribution in [0.2, 0.25) is 0 Å². The highest BCUT2D eigenvalue weighted by molar-refractivity contribution is 7.98. The van der Waals surface area contributed by atoms with Crippen LogP contribution >= 0.6 is 11.8 Å². The van der Waals surface area contributed by atoms with Crippen LogP contribution in [0.15, 0.2) is 16.5 Å². The first-order valence-corrected chi connectivity index (χ1v) is 5.44. The summed E-state index contributed by atoms with van der Waals surface area (Å²) < 4.78 is 5.18. The molecule has 4 heteroatoms. The molecule has 0 saturated heterocycles. The smallest absolute Gasteiger partial charge is 0.203 e. The van der Waals surface area contributed by atoms with Gasteiger partial charge in [-0.2, -0.15) is 17.0 Å². The Morgan fingerprint density at radius 3 is 3.08 bits per heavy atom. The SMILES string of the molecule is CSCCNCc1ccc(C#N)o1. The summed E-state index contributed by atoms with van der Waals surface area (Å²) in [5.41, 5.74) is 0. The van der Waals surface area contributed by atoms with Crippen molar-refractivity contribution in [2.75, 3.05) is 18.6 Å². The van der Waals surface area contributed by atoms with Gasteiger partial charge < -0.3 is 9.73 Å². The van der Waals surface area contributed by atoms with E-state index in [4.69, 9.17) is 9.68 Å². The van der Waals surface area contributed by atoms with Crippen LogP contribution in [0.5, 0.6) is 0 Å². The molecule has 0 spiro atoms. The molecule has 0 aliphatic carbocycles. The van der Waals surface area contributed by atoms with Gasteiger partial charge in [0.2, 0.25) is 5.76 Å². The van der Waals surface area contributed by atoms with Gasteiger partial charge in [-0.05, 0) is 18.4 Å². The lowest BCUT2D eigenvalue weighted by Gasteiger charge is -1.99. The summed E-state index contributed by atoms with van der Waals surface area (Å²) in [5, 5.41) is 11.7. The summed E-state index contributed by atoms with van der Waals surface area (Å²) in [5.74, 6) is 2.28. The minimum atomic E-state index is 0.377. The van der Waals surface area contributed by atoms with Gasteiger partial charge in [-0.3, -0.25) is 0 Å². The van der Waals surface area contributed by atoms with Crippen LogP contribution in [0.25, 0.3) is 0 Å². The van der Waals surface area contributed by atoms with Crippen molar-refractivity contribution in [2.45, 2.75) is 6.54 Å². The highest BCUT2D eigenvalue weighted by atomic mass is 32.2. The normalized spacial score (nSPS) is 9.85. The second kappa shape index (κ2) is 5.68. The Labute approximate surface area is 82.1 Å². The van der Waals surface area contributed by atoms with Crippen molar-refractivity contribution in [1.82, 2.24) is 5.32 Å². The number of nitrogens with zero attached hydrogens (tertiary/aromatic N) is 1. The van der Waals surface area contributed by atoms with Crippen LogP contribution in [0.1, 0.15) is 11.5 Å². The van der Waals surface area contributed by atoms with Crippen molar-refractivity contribution in [2.24, 2.45) is 0 Å². The van der Waals surface area contributed by atoms with Crippen molar-refractivity contribution in [3.63, 3.8) is 0 Å². The molecule has 1 rings (SSSR count). The second-order valence-corrected chi connectivity index (χ2v) is 3.53. The van der Waals surface area contributed by atoms with Crippen LogP contribution < -0.4 is 5.32 Å². The average Bonchev–Trinajstić information content (AvgIpc) is 2.60. The molecule has 3 nitrogen and oxygen atoms in total. The van der Waals surface area contributed by atoms with E-state index in [0.29, 0.717) is 12.3 Å². The van der Waals surface area contributed by atoms with E-state index in [1.54, 1.807) is 17.8 Å². The predicted octanol–water partition coefficient (Wildman–Crippen LogP) is 1.60. The van der Waals surface area contributed by atoms with Crippen molar-refractivity contribution in [1.29, 1.82) is 5.26 Å². The molecular weight excluding hydrogens is 184 g/mol. The Morgan fingerprint density at radius 1 is 1.62 bits per heavy atom. The van der Waals surface area contributed by atoms with Crippen molar-refractivity contribution >= 4 is 11.8 Å². The summed E-state index contributed by atoms with van der Waals surface area (Å²) in [6.45, 7) is 1.66. The molecule has 0 fully saturated rings. The predicted molar refractivity (Wildman–Crippen MR) is 53.5 cm³/mol. The van der Waals surface area contributed by atoms with Crippen LogP contribution in [0.4, 0.5) is 0 Å². The topological polar surface area (TPSA) is 49.0 Å². The maximum atomic E-state index is 8.49. The van der Waals surface area contributed by atoms with Gasteiger partial charge in [0, 0.05) is 12.3 Å². The fourth-order valence-corrected chi connectivity index (χ4v) is 1.27. The molecule has 0 bridgehead atoms. The van der Waals surface area contributed by atoms with Gasteiger partial charge in [-0.25, -0.2) is 0 Å². The van der Waals surface area contributed by atoms with Crippen LogP contribution in [0, 0.1) is 11.3 Å². The Bertz CT molecular complexity index is 290. The highest BCUT2D eigenvalue weighted by Crippen LogP contribution is 2.05. The maximum Gasteiger partial charge on any atom is 0.203 e. The number of hydrogen-bond acceptors (Lipinski definition) is 4. The van der Waals surface area contributed by atoms with Gasteiger partial charge in [0.15, 0.2) is 0 Å². The van der Waals surface area contributed by atoms with Gasteiger partial charge in [0.25, 0.3) is 0 Å². The molecule has 0 aliphatic rings. The third-order valence-electron chi connectivity index (χ3n) is 1.55. The summed E-state index contributed by atoms with van der Waals surface area (Å²) in [6.07, 6.45) is 2.07. The quantitative estimate of drug-likeness (QED) is 0.727. The molecule has 70 valence electrons. The summed E-state index contributed by atoms with van der Waals surface area (Å²) in [7, 11) is 0. The van der Waals surface area contributed by atoms with E-state index in [9.17, 15) is 0 Å². The van der Waals surface area contributed by atoms with E-state index in [1.807, 2.05) is 12.1 Å². The second-order valence-electron chi connectivity index (χ2n) is 2.55. The molecular formula is C9H12N2OS. The molecule has 1 heterocycles. The highest BCUT2D eigenvalue weighted by Gasteiger charge is 1.99. The fourth-order valence-electron chi connectivity index (χ4n) is 0.919. The van der Waals surface area contributed by atoms with Crippen LogP contribution in [-0.4, -0.2) is 18.6 Å². The molecule has 0 aromatic carbocycles. The lowest BCUT2D eigenvalue weighted by atomic mass is 10.4. The standard InChI is InChI=1S/C9H12N2OS/c1-13-5-4-11-7-9-3-2-8(6-10)12-9/h2-3,11H,4-5,7H2,1H3. The fraction of sp³-hybridized carbons (Fsp3) is 0.444. The largest absolute Gasteiger partial charge is 0.449 e. The molecule has 1 aromatic rings. The van der Waals surface area contributed by atoms with Gasteiger partial charge in [0.05, 0.1) is 6.54 Å². The van der Waals surface area contributed by atoms with E-state index < -0.39 is 0 Å². The van der Waals surface area contributed by atoms with Gasteiger partial charge in [-0.15, -0.1) is 0 Å². The third-order valence-corrected chi connectivity index (χ3v) is 2.17. The third kappa shape index (κ3) is 3.53. The van der Waals surface area contributed by atoms with Gasteiger partial charge >= 0.3 is 0 Å². The van der Waals surface area contributed by atoms with E-state index in [2.05, 4.69) is 11.6 Å². The molecule has 0 radical (unpaired) electrons. The molecule has 0 aliphatic heterocycles. The Balaban J connectivity index is 2.25. The number of rotatable bonds is 5. The minimum absolute atomic E-state index is 0.377. The number of hydrogen-bond donors (Lipinski definition) is 1. The van der Waals surface area contributed by atoms with Crippen molar-refractivity contribution in [3.05, 3.63) is 23.7 Å². The monoisotopic (exact) mass is 196 g/mol. The first-order chi connectivity index (χ1) is 6.36. The molecule has 0 atom stereocenters. The summed E-state index contributed by atoms with van der Waals surface area (Å²) in [6, 6.07) is 5.46. The first kappa shape index (κ1) is 10.2. The molecule has 0 amide bonds. The number of thioether (sulfide) groups is 1. The van der Waals surface area contributed by atoms with Crippen molar-refractivity contribution in [3.8, 4) is 6.07 Å². The van der Waals surface area contributed by atoms with Crippen molar-refractivity contribution < 1.29 is 4.42 Å². The summed E-state index contributed by atoms with van der Waals surface area (Å²) >= 11 is 1.80. The zero-order valence-corrected chi connectivity index (χ0v) is 8.36. The lowest BCUT2D eigenvalue weighted by molar-refractivity contribution is 0.478. The lowest BCUT2D eigenvalue weighted by Crippen LogP contribution is -2.15. The zero-order valence-electron chi connectivity index (χ0n) is 7.54. The Kier molecular flexibility index (Phi) is 4.44. The molecule has 0 saturated carbocycles. The average molecular weight is 196 g/mol. The maximum absolute atomic E-state index is 8.49. The summed E-state index contributed by atoms with van der Waals surface area (Å²) in [4.78, 5) is 0. The van der Waals surface area contributed by atoms with Crippen LogP contribution in [0.3, 0.4) is 0 Å². The minimum Gasteiger partial charge on any atom is -0.449 e. The molecule has 1 aromatic heterocycles. The molecule has 1 N–H and O–H groups in total. The van der Waals surface area contributed by atoms with E-state index in [0.717, 1.165) is 18.1 Å². The zero-order chi connectivity index (χ0) is 9.52. The first-order valence-electron chi connectivity index (χ1n) is 4.05. The Morgan fingerprint density at radius 2 is 2.46 bits per heavy atom. The van der Waals surface area contributed by atoms with E-state index >= 15 is 0 Å². The van der Waals surface area contributed by atoms with E-state index in [-0.39, 0.29) is 0 Å².